The van der Waals surface area contributed by atoms with Crippen LogP contribution in [0.4, 0.5) is 0 Å². The van der Waals surface area contributed by atoms with Crippen LogP contribution in [-0.2, 0) is 36.1 Å². The normalized spacial score (nSPS) is 20.2. The quantitative estimate of drug-likeness (QED) is 0.0317. The van der Waals surface area contributed by atoms with Gasteiger partial charge in [0.1, 0.15) is 0 Å². The SMILES string of the molecule is C=CC(=O)OCCCC[Si](OC(C)(CC)[Si](C)(C)OC(C)(C)[Si](C)(C)C)(OC(C)(CC)[Si](C)(C)OC(C)(CC)[Si](C)(C)C)OC(C)(CC)[Si](C)(C)OC(C)(CC)[Si](C)(C)C. The van der Waals surface area contributed by atoms with E-state index in [2.05, 4.69) is 188 Å². The molecule has 5 atom stereocenters. The molecule has 0 aromatic carbocycles. The minimum absolute atomic E-state index is 0.241. The van der Waals surface area contributed by atoms with Gasteiger partial charge in [-0.05, 0) is 133 Å². The summed E-state index contributed by atoms with van der Waals surface area (Å²) in [4.78, 5) is 12.2. The van der Waals surface area contributed by atoms with Gasteiger partial charge in [-0.1, -0.05) is 100 Å². The van der Waals surface area contributed by atoms with Crippen molar-refractivity contribution >= 4 is 63.9 Å². The second kappa shape index (κ2) is 21.0. The maximum Gasteiger partial charge on any atom is 0.501 e. The average molecular weight is 968 g/mol. The highest BCUT2D eigenvalue weighted by atomic mass is 28.4. The zero-order chi connectivity index (χ0) is 48.1. The standard InChI is InChI=1S/C45H102O8Si7/c1-29-39(46)47-37-35-36-38-60(51-43(11,32-4)57(23,24)48-40(7,8)54(14,15)16,52-44(12,33-5)58(25,26)49-41(9,30-2)55(17,18)19)53-45(13,34-6)59(27,28)50-42(10,31-3)56(20,21)22/h29H,1,30-38H2,2-28H3. The first-order valence-electron chi connectivity index (χ1n) is 23.5. The lowest BCUT2D eigenvalue weighted by Crippen LogP contribution is -2.73. The minimum atomic E-state index is -3.83. The molecule has 0 aromatic rings. The fraction of sp³-hybridized carbons (Fsp3) is 0.933. The van der Waals surface area contributed by atoms with Crippen molar-refractivity contribution in [3.05, 3.63) is 12.7 Å². The molecule has 0 spiro atoms. The molecule has 0 bridgehead atoms. The van der Waals surface area contributed by atoms with Gasteiger partial charge in [0.15, 0.2) is 0 Å². The summed E-state index contributed by atoms with van der Waals surface area (Å²) in [5.74, 6) is -0.412. The van der Waals surface area contributed by atoms with E-state index < -0.39 is 79.6 Å². The van der Waals surface area contributed by atoms with Gasteiger partial charge in [0.25, 0.3) is 0 Å². The lowest BCUT2D eigenvalue weighted by atomic mass is 10.3. The Balaban J connectivity index is 8.44. The number of carbonyl (C=O) groups excluding carboxylic acids is 1. The van der Waals surface area contributed by atoms with Crippen LogP contribution in [0, 0.1) is 0 Å². The molecule has 0 rings (SSSR count). The van der Waals surface area contributed by atoms with Crippen molar-refractivity contribution < 1.29 is 36.1 Å². The Morgan fingerprint density at radius 2 is 0.750 bits per heavy atom. The van der Waals surface area contributed by atoms with Crippen molar-refractivity contribution in [1.29, 1.82) is 0 Å². The van der Waals surface area contributed by atoms with E-state index in [0.717, 1.165) is 32.1 Å². The molecule has 0 aliphatic carbocycles. The topological polar surface area (TPSA) is 81.7 Å². The molecule has 0 saturated heterocycles. The van der Waals surface area contributed by atoms with E-state index in [0.29, 0.717) is 18.9 Å². The largest absolute Gasteiger partial charge is 0.501 e. The van der Waals surface area contributed by atoms with Crippen molar-refractivity contribution in [1.82, 2.24) is 0 Å². The molecule has 15 heteroatoms. The molecule has 0 radical (unpaired) electrons. The van der Waals surface area contributed by atoms with Crippen LogP contribution in [0.3, 0.4) is 0 Å². The Morgan fingerprint density at radius 1 is 0.450 bits per heavy atom. The third kappa shape index (κ3) is 14.2. The molecule has 5 unspecified atom stereocenters. The van der Waals surface area contributed by atoms with Crippen molar-refractivity contribution in [2.24, 2.45) is 0 Å². The molecule has 0 aliphatic rings. The molecule has 0 aliphatic heterocycles. The molecular weight excluding hydrogens is 865 g/mol. The number of hydrogen-bond donors (Lipinski definition) is 0. The van der Waals surface area contributed by atoms with E-state index in [1.54, 1.807) is 0 Å². The van der Waals surface area contributed by atoms with E-state index in [1.807, 2.05) is 0 Å². The van der Waals surface area contributed by atoms with Crippen LogP contribution in [0.2, 0.25) is 104 Å². The van der Waals surface area contributed by atoms with Crippen LogP contribution in [0.5, 0.6) is 0 Å². The van der Waals surface area contributed by atoms with E-state index in [-0.39, 0.29) is 22.3 Å². The van der Waals surface area contributed by atoms with E-state index >= 15 is 0 Å². The van der Waals surface area contributed by atoms with Crippen LogP contribution in [0.1, 0.15) is 128 Å². The summed E-state index contributed by atoms with van der Waals surface area (Å²) in [5.41, 5.74) is 0. The van der Waals surface area contributed by atoms with E-state index in [4.69, 9.17) is 31.3 Å². The van der Waals surface area contributed by atoms with Crippen LogP contribution >= 0.6 is 0 Å². The number of hydrogen-bond acceptors (Lipinski definition) is 8. The molecule has 358 valence electrons. The maximum absolute atomic E-state index is 12.2. The number of esters is 1. The van der Waals surface area contributed by atoms with Gasteiger partial charge < -0.3 is 31.3 Å². The molecule has 0 amide bonds. The van der Waals surface area contributed by atoms with Crippen molar-refractivity contribution in [2.75, 3.05) is 6.61 Å². The summed E-state index contributed by atoms with van der Waals surface area (Å²) in [7, 11) is -17.3. The highest BCUT2D eigenvalue weighted by Crippen LogP contribution is 2.47. The summed E-state index contributed by atoms with van der Waals surface area (Å²) in [6.07, 6.45) is 6.64. The third-order valence-corrected chi connectivity index (χ3v) is 43.5. The average Bonchev–Trinajstić information content (AvgIpc) is 3.08. The molecule has 0 N–H and O–H groups in total. The van der Waals surface area contributed by atoms with Gasteiger partial charge in [0.2, 0.25) is 25.0 Å². The van der Waals surface area contributed by atoms with Gasteiger partial charge in [-0.2, -0.15) is 0 Å². The summed E-state index contributed by atoms with van der Waals surface area (Å²) >= 11 is 0. The second-order valence-electron chi connectivity index (χ2n) is 23.8. The maximum atomic E-state index is 12.2. The summed E-state index contributed by atoms with van der Waals surface area (Å²) in [5, 5.41) is -2.81. The Hall–Kier alpha value is 0.488. The van der Waals surface area contributed by atoms with Gasteiger partial charge in [0, 0.05) is 27.8 Å². The van der Waals surface area contributed by atoms with E-state index in [1.165, 1.54) is 6.08 Å². The minimum Gasteiger partial charge on any atom is -0.463 e. The van der Waals surface area contributed by atoms with Crippen molar-refractivity contribution in [3.63, 3.8) is 0 Å². The number of ether oxygens (including phenoxy) is 1. The monoisotopic (exact) mass is 967 g/mol. The molecule has 0 saturated carbocycles. The summed E-state index contributed by atoms with van der Waals surface area (Å²) in [6, 6.07) is 0.550. The molecule has 0 aromatic heterocycles. The Morgan fingerprint density at radius 3 is 1.00 bits per heavy atom. The Labute approximate surface area is 380 Å². The fourth-order valence-electron chi connectivity index (χ4n) is 7.54. The van der Waals surface area contributed by atoms with Gasteiger partial charge >= 0.3 is 14.8 Å². The van der Waals surface area contributed by atoms with Crippen molar-refractivity contribution in [3.8, 4) is 0 Å². The van der Waals surface area contributed by atoms with Crippen LogP contribution in [0.25, 0.3) is 0 Å². The zero-order valence-corrected chi connectivity index (χ0v) is 51.9. The summed E-state index contributed by atoms with van der Waals surface area (Å²) in [6.45, 7) is 66.9. The van der Waals surface area contributed by atoms with Crippen LogP contribution in [-0.4, -0.2) is 102 Å². The lowest BCUT2D eigenvalue weighted by molar-refractivity contribution is -0.137. The first kappa shape index (κ1) is 60.5. The van der Waals surface area contributed by atoms with Gasteiger partial charge in [-0.3, -0.25) is 0 Å². The first-order chi connectivity index (χ1) is 26.5. The second-order valence-corrected chi connectivity index (χ2v) is 56.0. The molecule has 60 heavy (non-hydrogen) atoms. The number of carbonyl (C=O) groups is 1. The predicted molar refractivity (Wildman–Crippen MR) is 278 cm³/mol. The third-order valence-electron chi connectivity index (χ3n) is 16.1. The predicted octanol–water partition coefficient (Wildman–Crippen LogP) is 14.0. The van der Waals surface area contributed by atoms with Gasteiger partial charge in [0.05, 0.1) is 46.5 Å². The van der Waals surface area contributed by atoms with E-state index in [9.17, 15) is 4.79 Å². The number of unbranched alkanes of at least 4 members (excludes halogenated alkanes) is 1. The summed E-state index contributed by atoms with van der Waals surface area (Å²) < 4.78 is 52.4. The molecular formula is C45H102O8Si7. The smallest absolute Gasteiger partial charge is 0.463 e. The molecule has 0 heterocycles. The highest BCUT2D eigenvalue weighted by molar-refractivity contribution is 6.84. The Bertz CT molecular complexity index is 1330. The van der Waals surface area contributed by atoms with Crippen molar-refractivity contribution in [2.45, 2.75) is 264 Å². The lowest BCUT2D eigenvalue weighted by Gasteiger charge is -2.57. The zero-order valence-electron chi connectivity index (χ0n) is 44.9. The first-order valence-corrected chi connectivity index (χ1v) is 44.7. The van der Waals surface area contributed by atoms with Crippen LogP contribution < -0.4 is 0 Å². The Kier molecular flexibility index (Phi) is 21.2. The van der Waals surface area contributed by atoms with Crippen LogP contribution in [0.15, 0.2) is 12.7 Å². The van der Waals surface area contributed by atoms with Gasteiger partial charge in [-0.15, -0.1) is 0 Å². The highest BCUT2D eigenvalue weighted by Gasteiger charge is 2.64. The molecule has 0 fully saturated rings. The fourth-order valence-corrected chi connectivity index (χ4v) is 30.6. The van der Waals surface area contributed by atoms with Gasteiger partial charge in [-0.25, -0.2) is 4.79 Å². The molecule has 8 nitrogen and oxygen atoms in total. The number of rotatable bonds is 29.